The molecule has 5 rings (SSSR count). The summed E-state index contributed by atoms with van der Waals surface area (Å²) in [5.41, 5.74) is 2.71. The molecule has 0 saturated carbocycles. The van der Waals surface area contributed by atoms with Crippen LogP contribution in [0.5, 0.6) is 0 Å². The minimum Gasteiger partial charge on any atom is -0.354 e. The van der Waals surface area contributed by atoms with Crippen molar-refractivity contribution in [2.45, 2.75) is 11.1 Å². The van der Waals surface area contributed by atoms with Gasteiger partial charge in [-0.1, -0.05) is 42.5 Å². The van der Waals surface area contributed by atoms with Crippen LogP contribution in [-0.4, -0.2) is 28.2 Å². The average Bonchev–Trinajstić information content (AvgIpc) is 2.89. The van der Waals surface area contributed by atoms with Crippen LogP contribution < -0.4 is 5.32 Å². The second-order valence-corrected chi connectivity index (χ2v) is 9.12. The first-order valence-electron chi connectivity index (χ1n) is 10.7. The first-order chi connectivity index (χ1) is 17.6. The van der Waals surface area contributed by atoms with Gasteiger partial charge in [0.05, 0.1) is 33.6 Å². The zero-order valence-electron chi connectivity index (χ0n) is 19.0. The lowest BCUT2D eigenvalue weighted by Gasteiger charge is -2.10. The molecule has 2 N–H and O–H groups in total. The molecule has 2 aromatic heterocycles. The highest BCUT2D eigenvalue weighted by Crippen LogP contribution is 2.31. The molecule has 11 heteroatoms. The lowest BCUT2D eigenvalue weighted by Crippen LogP contribution is -2.04. The number of pyridine rings is 1. The zero-order valence-corrected chi connectivity index (χ0v) is 19.8. The Kier molecular flexibility index (Phi) is 7.46. The second kappa shape index (κ2) is 10.7. The van der Waals surface area contributed by atoms with Crippen LogP contribution in [0.1, 0.15) is 5.56 Å². The van der Waals surface area contributed by atoms with Gasteiger partial charge in [0.15, 0.2) is 0 Å². The molecule has 0 aliphatic carbocycles. The van der Waals surface area contributed by atoms with Crippen LogP contribution in [0.25, 0.3) is 22.2 Å². The van der Waals surface area contributed by atoms with E-state index in [4.69, 9.17) is 4.55 Å². The molecule has 0 atom stereocenters. The third-order valence-corrected chi connectivity index (χ3v) is 5.97. The summed E-state index contributed by atoms with van der Waals surface area (Å²) < 4.78 is 67.2. The molecular weight excluding hydrogens is 505 g/mol. The summed E-state index contributed by atoms with van der Waals surface area (Å²) in [5, 5.41) is 12.2. The Morgan fingerprint density at radius 2 is 1.51 bits per heavy atom. The Balaban J connectivity index is 0.000000270. The van der Waals surface area contributed by atoms with Gasteiger partial charge < -0.3 is 5.32 Å². The van der Waals surface area contributed by atoms with Crippen molar-refractivity contribution in [2.24, 2.45) is 0 Å². The SMILES string of the molecule is FC(F)(F)c1ccc(Nc2cnnc(-c3cccc4cccnc34)c2)cc1.O=S(=O)(O)c1ccccc1. The zero-order chi connectivity index (χ0) is 26.5. The van der Waals surface area contributed by atoms with Gasteiger partial charge in [-0.25, -0.2) is 0 Å². The van der Waals surface area contributed by atoms with Crippen LogP contribution in [-0.2, 0) is 16.3 Å². The van der Waals surface area contributed by atoms with Crippen molar-refractivity contribution in [3.63, 3.8) is 0 Å². The van der Waals surface area contributed by atoms with Gasteiger partial charge in [-0.05, 0) is 48.5 Å². The normalized spacial score (nSPS) is 11.5. The van der Waals surface area contributed by atoms with Gasteiger partial charge in [-0.3, -0.25) is 9.54 Å². The van der Waals surface area contributed by atoms with E-state index in [0.717, 1.165) is 28.6 Å². The van der Waals surface area contributed by atoms with Gasteiger partial charge in [0.1, 0.15) is 0 Å². The van der Waals surface area contributed by atoms with E-state index in [0.29, 0.717) is 17.1 Å². The number of hydrogen-bond donors (Lipinski definition) is 2. The maximum Gasteiger partial charge on any atom is 0.416 e. The molecule has 0 saturated heterocycles. The van der Waals surface area contributed by atoms with Crippen molar-refractivity contribution in [1.82, 2.24) is 15.2 Å². The molecule has 0 spiro atoms. The van der Waals surface area contributed by atoms with Crippen molar-refractivity contribution in [2.75, 3.05) is 5.32 Å². The van der Waals surface area contributed by atoms with Crippen LogP contribution in [0, 0.1) is 0 Å². The van der Waals surface area contributed by atoms with E-state index in [2.05, 4.69) is 20.5 Å². The number of aromatic nitrogens is 3. The Labute approximate surface area is 210 Å². The number of alkyl halides is 3. The maximum atomic E-state index is 12.7. The lowest BCUT2D eigenvalue weighted by molar-refractivity contribution is -0.137. The van der Waals surface area contributed by atoms with E-state index in [-0.39, 0.29) is 4.90 Å². The highest BCUT2D eigenvalue weighted by atomic mass is 32.2. The average molecular weight is 525 g/mol. The van der Waals surface area contributed by atoms with Crippen molar-refractivity contribution in [1.29, 1.82) is 0 Å². The van der Waals surface area contributed by atoms with E-state index in [1.807, 2.05) is 30.3 Å². The fraction of sp³-hybridized carbons (Fsp3) is 0.0385. The number of fused-ring (bicyclic) bond motifs is 1. The molecule has 5 aromatic rings. The van der Waals surface area contributed by atoms with Crippen molar-refractivity contribution < 1.29 is 26.1 Å². The fourth-order valence-electron chi connectivity index (χ4n) is 3.38. The minimum atomic E-state index is -4.36. The molecule has 188 valence electrons. The van der Waals surface area contributed by atoms with Crippen LogP contribution >= 0.6 is 0 Å². The molecule has 0 aliphatic heterocycles. The highest BCUT2D eigenvalue weighted by molar-refractivity contribution is 7.85. The van der Waals surface area contributed by atoms with Gasteiger partial charge >= 0.3 is 6.18 Å². The van der Waals surface area contributed by atoms with Crippen LogP contribution in [0.4, 0.5) is 24.5 Å². The van der Waals surface area contributed by atoms with Crippen molar-refractivity contribution in [3.05, 3.63) is 109 Å². The second-order valence-electron chi connectivity index (χ2n) is 7.70. The standard InChI is InChI=1S/C20H13F3N4.C6H6O3S/c21-20(22,23)14-6-8-15(9-7-14)26-16-11-18(27-25-12-16)17-5-1-3-13-4-2-10-24-19(13)17;7-10(8,9)6-4-2-1-3-5-6/h1-12H,(H,26,27);1-5H,(H,7,8,9). The van der Waals surface area contributed by atoms with Gasteiger partial charge in [0.2, 0.25) is 0 Å². The Morgan fingerprint density at radius 3 is 2.16 bits per heavy atom. The predicted molar refractivity (Wildman–Crippen MR) is 134 cm³/mol. The van der Waals surface area contributed by atoms with Crippen LogP contribution in [0.3, 0.4) is 0 Å². The molecule has 0 aliphatic rings. The molecule has 0 radical (unpaired) electrons. The minimum absolute atomic E-state index is 0.0741. The largest absolute Gasteiger partial charge is 0.416 e. The molecule has 3 aromatic carbocycles. The topological polar surface area (TPSA) is 105 Å². The summed E-state index contributed by atoms with van der Waals surface area (Å²) in [6.07, 6.45) is -1.13. The molecule has 0 amide bonds. The number of halogens is 3. The molecular formula is C26H19F3N4O3S. The number of para-hydroxylation sites is 1. The number of hydrogen-bond acceptors (Lipinski definition) is 6. The fourth-order valence-corrected chi connectivity index (χ4v) is 3.88. The van der Waals surface area contributed by atoms with Crippen LogP contribution in [0.2, 0.25) is 0 Å². The van der Waals surface area contributed by atoms with Crippen LogP contribution in [0.15, 0.2) is 108 Å². The summed E-state index contributed by atoms with van der Waals surface area (Å²) in [6.45, 7) is 0. The molecule has 37 heavy (non-hydrogen) atoms. The van der Waals surface area contributed by atoms with E-state index in [1.165, 1.54) is 30.5 Å². The molecule has 0 bridgehead atoms. The maximum absolute atomic E-state index is 12.7. The van der Waals surface area contributed by atoms with Gasteiger partial charge in [0.25, 0.3) is 10.1 Å². The quantitative estimate of drug-likeness (QED) is 0.263. The van der Waals surface area contributed by atoms with Gasteiger partial charge in [-0.15, -0.1) is 0 Å². The molecule has 7 nitrogen and oxygen atoms in total. The molecule has 0 unspecified atom stereocenters. The van der Waals surface area contributed by atoms with E-state index < -0.39 is 21.9 Å². The third-order valence-electron chi connectivity index (χ3n) is 5.11. The van der Waals surface area contributed by atoms with E-state index >= 15 is 0 Å². The smallest absolute Gasteiger partial charge is 0.354 e. The summed E-state index contributed by atoms with van der Waals surface area (Å²) in [4.78, 5) is 4.34. The first-order valence-corrected chi connectivity index (χ1v) is 12.2. The van der Waals surface area contributed by atoms with Crippen molar-refractivity contribution in [3.8, 4) is 11.3 Å². The highest BCUT2D eigenvalue weighted by Gasteiger charge is 2.29. The Bertz CT molecular complexity index is 1610. The predicted octanol–water partition coefficient (Wildman–Crippen LogP) is 6.39. The number of nitrogens with zero attached hydrogens (tertiary/aromatic N) is 3. The van der Waals surface area contributed by atoms with E-state index in [9.17, 15) is 21.6 Å². The third kappa shape index (κ3) is 6.66. The number of rotatable bonds is 4. The van der Waals surface area contributed by atoms with E-state index in [1.54, 1.807) is 30.5 Å². The summed E-state index contributed by atoms with van der Waals surface area (Å²) in [6, 6.07) is 23.6. The molecule has 2 heterocycles. The lowest BCUT2D eigenvalue weighted by atomic mass is 10.1. The number of anilines is 2. The Hall–Kier alpha value is -4.35. The van der Waals surface area contributed by atoms with Gasteiger partial charge in [0, 0.05) is 22.8 Å². The Morgan fingerprint density at radius 1 is 0.811 bits per heavy atom. The summed E-state index contributed by atoms with van der Waals surface area (Å²) in [5.74, 6) is 0. The number of benzene rings is 3. The molecule has 0 fully saturated rings. The van der Waals surface area contributed by atoms with Gasteiger partial charge in [-0.2, -0.15) is 31.8 Å². The summed E-state index contributed by atoms with van der Waals surface area (Å²) >= 11 is 0. The first kappa shape index (κ1) is 25.7. The van der Waals surface area contributed by atoms with Crippen molar-refractivity contribution >= 4 is 32.4 Å². The number of nitrogens with one attached hydrogen (secondary N) is 1. The monoisotopic (exact) mass is 524 g/mol. The summed E-state index contributed by atoms with van der Waals surface area (Å²) in [7, 11) is -4.00.